The van der Waals surface area contributed by atoms with E-state index in [4.69, 9.17) is 0 Å². The minimum atomic E-state index is 0.338. The topological polar surface area (TPSA) is 75.6 Å². The van der Waals surface area contributed by atoms with Crippen molar-refractivity contribution < 1.29 is 0 Å². The predicted molar refractivity (Wildman–Crippen MR) is 67.3 cm³/mol. The molecule has 3 heterocycles. The van der Waals surface area contributed by atoms with Crippen molar-refractivity contribution in [2.45, 2.75) is 18.9 Å². The van der Waals surface area contributed by atoms with Crippen LogP contribution in [0.25, 0.3) is 0 Å². The van der Waals surface area contributed by atoms with Crippen molar-refractivity contribution >= 4 is 11.9 Å². The molecule has 1 fully saturated rings. The molecule has 1 saturated heterocycles. The van der Waals surface area contributed by atoms with Crippen LogP contribution >= 0.6 is 0 Å². The van der Waals surface area contributed by atoms with Crippen LogP contribution in [0.2, 0.25) is 0 Å². The molecular weight excluding hydrogens is 228 g/mol. The Bertz CT molecular complexity index is 509. The van der Waals surface area contributed by atoms with E-state index in [0.29, 0.717) is 17.9 Å². The molecule has 0 amide bonds. The number of rotatable bonds is 3. The van der Waals surface area contributed by atoms with Crippen molar-refractivity contribution in [3.63, 3.8) is 0 Å². The molecule has 6 heteroatoms. The van der Waals surface area contributed by atoms with E-state index in [1.54, 1.807) is 24.7 Å². The van der Waals surface area contributed by atoms with Gasteiger partial charge in [-0.25, -0.2) is 19.9 Å². The summed E-state index contributed by atoms with van der Waals surface area (Å²) >= 11 is 0. The van der Waals surface area contributed by atoms with Crippen LogP contribution in [0.15, 0.2) is 30.7 Å². The number of hydrogen-bond donors (Lipinski definition) is 2. The van der Waals surface area contributed by atoms with Crippen LogP contribution in [0.1, 0.15) is 24.6 Å². The molecule has 0 saturated carbocycles. The van der Waals surface area contributed by atoms with Crippen molar-refractivity contribution in [2.75, 3.05) is 11.9 Å². The first kappa shape index (κ1) is 11.0. The third-order valence-electron chi connectivity index (χ3n) is 2.88. The molecule has 0 spiro atoms. The molecule has 0 aromatic carbocycles. The molecule has 2 N–H and O–H groups in total. The lowest BCUT2D eigenvalue weighted by Gasteiger charge is -2.10. The highest BCUT2D eigenvalue weighted by Gasteiger charge is 2.17. The highest BCUT2D eigenvalue weighted by Crippen LogP contribution is 2.21. The van der Waals surface area contributed by atoms with E-state index in [-0.39, 0.29) is 0 Å². The van der Waals surface area contributed by atoms with Crippen molar-refractivity contribution in [3.8, 4) is 0 Å². The van der Waals surface area contributed by atoms with Crippen molar-refractivity contribution in [1.29, 1.82) is 0 Å². The minimum Gasteiger partial charge on any atom is -0.309 e. The van der Waals surface area contributed by atoms with Crippen molar-refractivity contribution in [3.05, 3.63) is 36.4 Å². The molecule has 2 aromatic rings. The second-order valence-corrected chi connectivity index (χ2v) is 4.15. The summed E-state index contributed by atoms with van der Waals surface area (Å²) in [4.78, 5) is 16.8. The third-order valence-corrected chi connectivity index (χ3v) is 2.88. The third kappa shape index (κ3) is 2.43. The molecule has 92 valence electrons. The molecule has 1 atom stereocenters. The monoisotopic (exact) mass is 242 g/mol. The van der Waals surface area contributed by atoms with Crippen LogP contribution in [0.3, 0.4) is 0 Å². The first-order chi connectivity index (χ1) is 8.92. The summed E-state index contributed by atoms with van der Waals surface area (Å²) in [5, 5.41) is 6.41. The molecular formula is C12H14N6. The normalized spacial score (nSPS) is 18.8. The Morgan fingerprint density at radius 3 is 2.72 bits per heavy atom. The van der Waals surface area contributed by atoms with E-state index < -0.39 is 0 Å². The Morgan fingerprint density at radius 2 is 1.94 bits per heavy atom. The first-order valence-corrected chi connectivity index (χ1v) is 6.02. The van der Waals surface area contributed by atoms with E-state index in [2.05, 4.69) is 30.6 Å². The van der Waals surface area contributed by atoms with E-state index in [9.17, 15) is 0 Å². The summed E-state index contributed by atoms with van der Waals surface area (Å²) in [6.07, 6.45) is 7.43. The van der Waals surface area contributed by atoms with Gasteiger partial charge in [-0.3, -0.25) is 5.32 Å². The predicted octanol–water partition coefficient (Wildman–Crippen LogP) is 1.43. The van der Waals surface area contributed by atoms with Crippen LogP contribution < -0.4 is 10.6 Å². The Morgan fingerprint density at radius 1 is 1.11 bits per heavy atom. The highest BCUT2D eigenvalue weighted by atomic mass is 15.2. The number of hydrogen-bond acceptors (Lipinski definition) is 6. The maximum absolute atomic E-state index is 4.49. The van der Waals surface area contributed by atoms with Crippen LogP contribution in [-0.2, 0) is 0 Å². The Balaban J connectivity index is 1.78. The maximum atomic E-state index is 4.49. The van der Waals surface area contributed by atoms with Gasteiger partial charge in [-0.1, -0.05) is 0 Å². The van der Waals surface area contributed by atoms with E-state index in [0.717, 1.165) is 18.7 Å². The van der Waals surface area contributed by atoms with E-state index in [1.165, 1.54) is 6.42 Å². The van der Waals surface area contributed by atoms with Gasteiger partial charge in [-0.15, -0.1) is 0 Å². The number of aromatic nitrogens is 4. The standard InChI is InChI=1S/C12H14N6/c1-3-9(13-5-1)10-4-8-16-12(17-10)18-11-14-6-2-7-15-11/h2,4,6-9,13H,1,3,5H2,(H,14,15,16,17,18). The van der Waals surface area contributed by atoms with Gasteiger partial charge >= 0.3 is 0 Å². The smallest absolute Gasteiger partial charge is 0.229 e. The zero-order valence-corrected chi connectivity index (χ0v) is 9.87. The van der Waals surface area contributed by atoms with Gasteiger partial charge in [0.05, 0.1) is 5.69 Å². The fourth-order valence-electron chi connectivity index (χ4n) is 2.03. The summed E-state index contributed by atoms with van der Waals surface area (Å²) in [6.45, 7) is 1.05. The van der Waals surface area contributed by atoms with E-state index >= 15 is 0 Å². The van der Waals surface area contributed by atoms with E-state index in [1.807, 2.05) is 6.07 Å². The number of nitrogens with one attached hydrogen (secondary N) is 2. The number of nitrogens with zero attached hydrogens (tertiary/aromatic N) is 4. The molecule has 0 bridgehead atoms. The van der Waals surface area contributed by atoms with Crippen LogP contribution in [0.5, 0.6) is 0 Å². The van der Waals surface area contributed by atoms with Crippen LogP contribution in [0.4, 0.5) is 11.9 Å². The molecule has 2 aromatic heterocycles. The number of anilines is 2. The van der Waals surface area contributed by atoms with Gasteiger partial charge in [0.15, 0.2) is 0 Å². The average molecular weight is 242 g/mol. The Kier molecular flexibility index (Phi) is 3.10. The molecule has 1 unspecified atom stereocenters. The summed E-state index contributed by atoms with van der Waals surface area (Å²) in [5.74, 6) is 1.04. The second-order valence-electron chi connectivity index (χ2n) is 4.15. The van der Waals surface area contributed by atoms with Gasteiger partial charge in [0, 0.05) is 24.6 Å². The summed E-state index contributed by atoms with van der Waals surface area (Å²) in [6, 6.07) is 4.05. The average Bonchev–Trinajstić information content (AvgIpc) is 2.94. The quantitative estimate of drug-likeness (QED) is 0.848. The fraction of sp³-hybridized carbons (Fsp3) is 0.333. The lowest BCUT2D eigenvalue weighted by atomic mass is 10.1. The molecule has 18 heavy (non-hydrogen) atoms. The van der Waals surface area contributed by atoms with Gasteiger partial charge in [-0.2, -0.15) is 0 Å². The summed E-state index contributed by atoms with van der Waals surface area (Å²) in [7, 11) is 0. The molecule has 0 aliphatic carbocycles. The largest absolute Gasteiger partial charge is 0.309 e. The van der Waals surface area contributed by atoms with Crippen molar-refractivity contribution in [1.82, 2.24) is 25.3 Å². The Hall–Kier alpha value is -2.08. The van der Waals surface area contributed by atoms with Crippen LogP contribution in [0, 0.1) is 0 Å². The van der Waals surface area contributed by atoms with Crippen LogP contribution in [-0.4, -0.2) is 26.5 Å². The van der Waals surface area contributed by atoms with Crippen molar-refractivity contribution in [2.24, 2.45) is 0 Å². The lowest BCUT2D eigenvalue weighted by molar-refractivity contribution is 0.626. The molecule has 3 rings (SSSR count). The molecule has 0 radical (unpaired) electrons. The SMILES string of the molecule is c1cnc(Nc2nccc(C3CCCN3)n2)nc1. The minimum absolute atomic E-state index is 0.338. The highest BCUT2D eigenvalue weighted by molar-refractivity contribution is 5.41. The molecule has 6 nitrogen and oxygen atoms in total. The van der Waals surface area contributed by atoms with Gasteiger partial charge < -0.3 is 5.32 Å². The Labute approximate surface area is 105 Å². The van der Waals surface area contributed by atoms with Gasteiger partial charge in [-0.05, 0) is 31.5 Å². The maximum Gasteiger partial charge on any atom is 0.229 e. The molecule has 1 aliphatic heterocycles. The summed E-state index contributed by atoms with van der Waals surface area (Å²) < 4.78 is 0. The zero-order valence-electron chi connectivity index (χ0n) is 9.87. The lowest BCUT2D eigenvalue weighted by Crippen LogP contribution is -2.15. The first-order valence-electron chi connectivity index (χ1n) is 6.02. The zero-order chi connectivity index (χ0) is 12.2. The molecule has 1 aliphatic rings. The van der Waals surface area contributed by atoms with Gasteiger partial charge in [0.1, 0.15) is 0 Å². The fourth-order valence-corrected chi connectivity index (χ4v) is 2.03. The second kappa shape index (κ2) is 5.05. The summed E-state index contributed by atoms with van der Waals surface area (Å²) in [5.41, 5.74) is 1.01. The van der Waals surface area contributed by atoms with Gasteiger partial charge in [0.25, 0.3) is 0 Å². The van der Waals surface area contributed by atoms with Gasteiger partial charge in [0.2, 0.25) is 11.9 Å².